The fraction of sp³-hybridized carbons (Fsp3) is 0.174. The van der Waals surface area contributed by atoms with Gasteiger partial charge in [-0.15, -0.1) is 0 Å². The first kappa shape index (κ1) is 15.2. The molecule has 0 aromatic heterocycles. The molecule has 3 aromatic carbocycles. The quantitative estimate of drug-likeness (QED) is 0.637. The second-order valence-electron chi connectivity index (χ2n) is 6.93. The Morgan fingerprint density at radius 3 is 2.58 bits per heavy atom. The summed E-state index contributed by atoms with van der Waals surface area (Å²) < 4.78 is 6.39. The van der Waals surface area contributed by atoms with Crippen molar-refractivity contribution in [3.63, 3.8) is 0 Å². The highest BCUT2D eigenvalue weighted by Crippen LogP contribution is 2.47. The maximum Gasteiger partial charge on any atom is 0.213 e. The molecule has 5 rings (SSSR count). The van der Waals surface area contributed by atoms with Crippen LogP contribution in [0.4, 0.5) is 0 Å². The molecule has 2 aliphatic heterocycles. The van der Waals surface area contributed by atoms with E-state index in [0.29, 0.717) is 0 Å². The van der Waals surface area contributed by atoms with Crippen LogP contribution >= 0.6 is 0 Å². The highest BCUT2D eigenvalue weighted by Gasteiger charge is 2.40. The van der Waals surface area contributed by atoms with E-state index < -0.39 is 0 Å². The highest BCUT2D eigenvalue weighted by molar-refractivity contribution is 6.01. The van der Waals surface area contributed by atoms with Crippen LogP contribution in [0, 0.1) is 6.92 Å². The standard InChI is InChI=1S/C23H20N2O/c1-16-8-7-11-18(14-16)23-25-21(19-12-5-6-13-22(19)26-23)15-20(24-25)17-9-3-2-4-10-17/h2-14,21,23H,15H2,1H3/t21-,23+/m1/s1. The number of para-hydroxylation sites is 1. The predicted octanol–water partition coefficient (Wildman–Crippen LogP) is 5.24. The molecular formula is C23H20N2O. The topological polar surface area (TPSA) is 24.8 Å². The minimum atomic E-state index is -0.198. The molecule has 0 N–H and O–H groups in total. The van der Waals surface area contributed by atoms with Gasteiger partial charge in [0.1, 0.15) is 5.75 Å². The average molecular weight is 340 g/mol. The minimum absolute atomic E-state index is 0.198. The van der Waals surface area contributed by atoms with Crippen LogP contribution in [0.2, 0.25) is 0 Å². The van der Waals surface area contributed by atoms with Crippen LogP contribution in [0.25, 0.3) is 0 Å². The van der Waals surface area contributed by atoms with Crippen LogP contribution in [-0.2, 0) is 0 Å². The first-order chi connectivity index (χ1) is 12.8. The monoisotopic (exact) mass is 340 g/mol. The van der Waals surface area contributed by atoms with Gasteiger partial charge in [0.15, 0.2) is 0 Å². The molecule has 0 aliphatic carbocycles. The molecule has 0 saturated heterocycles. The van der Waals surface area contributed by atoms with Gasteiger partial charge in [0, 0.05) is 17.5 Å². The Labute approximate surface area is 153 Å². The molecule has 0 unspecified atom stereocenters. The Balaban J connectivity index is 1.61. The first-order valence-electron chi connectivity index (χ1n) is 9.03. The molecule has 0 saturated carbocycles. The Bertz CT molecular complexity index is 980. The van der Waals surface area contributed by atoms with E-state index in [1.165, 1.54) is 16.7 Å². The molecule has 2 heterocycles. The third kappa shape index (κ3) is 2.48. The zero-order valence-electron chi connectivity index (χ0n) is 14.7. The number of nitrogens with zero attached hydrogens (tertiary/aromatic N) is 2. The molecule has 0 fully saturated rings. The zero-order chi connectivity index (χ0) is 17.5. The van der Waals surface area contributed by atoms with Gasteiger partial charge in [-0.3, -0.25) is 0 Å². The SMILES string of the molecule is Cc1cccc([C@@H]2Oc3ccccc3[C@H]3CC(c4ccccc4)=NN32)c1. The second kappa shape index (κ2) is 6.03. The van der Waals surface area contributed by atoms with Crippen molar-refractivity contribution >= 4 is 5.71 Å². The number of hydrogen-bond donors (Lipinski definition) is 0. The first-order valence-corrected chi connectivity index (χ1v) is 9.03. The van der Waals surface area contributed by atoms with Crippen molar-refractivity contribution in [2.45, 2.75) is 25.6 Å². The summed E-state index contributed by atoms with van der Waals surface area (Å²) in [6.07, 6.45) is 0.697. The Kier molecular flexibility index (Phi) is 3.52. The lowest BCUT2D eigenvalue weighted by molar-refractivity contribution is -0.0190. The number of hydrogen-bond acceptors (Lipinski definition) is 3. The van der Waals surface area contributed by atoms with E-state index in [1.54, 1.807) is 0 Å². The smallest absolute Gasteiger partial charge is 0.213 e. The normalized spacial score (nSPS) is 20.8. The molecule has 3 nitrogen and oxygen atoms in total. The van der Waals surface area contributed by atoms with Crippen LogP contribution in [0.5, 0.6) is 5.75 Å². The van der Waals surface area contributed by atoms with E-state index in [0.717, 1.165) is 23.4 Å². The zero-order valence-corrected chi connectivity index (χ0v) is 14.7. The van der Waals surface area contributed by atoms with Crippen LogP contribution in [0.3, 0.4) is 0 Å². The Hall–Kier alpha value is -3.07. The minimum Gasteiger partial charge on any atom is -0.464 e. The number of fused-ring (bicyclic) bond motifs is 3. The fourth-order valence-corrected chi connectivity index (χ4v) is 3.88. The molecule has 26 heavy (non-hydrogen) atoms. The average Bonchev–Trinajstić information content (AvgIpc) is 3.14. The van der Waals surface area contributed by atoms with Crippen molar-refractivity contribution in [1.29, 1.82) is 0 Å². The molecule has 0 bridgehead atoms. The largest absolute Gasteiger partial charge is 0.464 e. The van der Waals surface area contributed by atoms with Crippen LogP contribution in [0.15, 0.2) is 84.0 Å². The summed E-state index contributed by atoms with van der Waals surface area (Å²) in [6, 6.07) is 27.5. The molecule has 0 amide bonds. The van der Waals surface area contributed by atoms with Gasteiger partial charge in [-0.25, -0.2) is 5.01 Å². The lowest BCUT2D eigenvalue weighted by Crippen LogP contribution is -2.33. The van der Waals surface area contributed by atoms with Crippen LogP contribution < -0.4 is 4.74 Å². The summed E-state index contributed by atoms with van der Waals surface area (Å²) >= 11 is 0. The summed E-state index contributed by atoms with van der Waals surface area (Å²) in [7, 11) is 0. The molecule has 2 atom stereocenters. The van der Waals surface area contributed by atoms with E-state index in [1.807, 2.05) is 12.1 Å². The van der Waals surface area contributed by atoms with Crippen molar-refractivity contribution in [1.82, 2.24) is 5.01 Å². The van der Waals surface area contributed by atoms with Gasteiger partial charge in [-0.2, -0.15) is 5.10 Å². The van der Waals surface area contributed by atoms with Crippen molar-refractivity contribution < 1.29 is 4.74 Å². The molecule has 128 valence electrons. The highest BCUT2D eigenvalue weighted by atomic mass is 16.5. The number of ether oxygens (including phenoxy) is 1. The summed E-state index contributed by atoms with van der Waals surface area (Å²) in [6.45, 7) is 2.11. The van der Waals surface area contributed by atoms with Gasteiger partial charge in [0.05, 0.1) is 11.8 Å². The maximum absolute atomic E-state index is 6.39. The second-order valence-corrected chi connectivity index (χ2v) is 6.93. The lowest BCUT2D eigenvalue weighted by Gasteiger charge is -2.38. The summed E-state index contributed by atoms with van der Waals surface area (Å²) in [4.78, 5) is 0. The van der Waals surface area contributed by atoms with Gasteiger partial charge in [-0.1, -0.05) is 78.4 Å². The Morgan fingerprint density at radius 2 is 1.73 bits per heavy atom. The number of benzene rings is 3. The number of rotatable bonds is 2. The van der Waals surface area contributed by atoms with Crippen molar-refractivity contribution in [3.8, 4) is 5.75 Å². The Morgan fingerprint density at radius 1 is 0.923 bits per heavy atom. The molecule has 3 aromatic rings. The van der Waals surface area contributed by atoms with E-state index in [-0.39, 0.29) is 12.3 Å². The summed E-state index contributed by atoms with van der Waals surface area (Å²) in [5.74, 6) is 0.963. The molecular weight excluding hydrogens is 320 g/mol. The third-order valence-electron chi connectivity index (χ3n) is 5.13. The van der Waals surface area contributed by atoms with E-state index >= 15 is 0 Å². The maximum atomic E-state index is 6.39. The van der Waals surface area contributed by atoms with Crippen LogP contribution in [-0.4, -0.2) is 10.7 Å². The van der Waals surface area contributed by atoms with E-state index in [4.69, 9.17) is 9.84 Å². The van der Waals surface area contributed by atoms with Crippen molar-refractivity contribution in [2.24, 2.45) is 5.10 Å². The van der Waals surface area contributed by atoms with Gasteiger partial charge in [-0.05, 0) is 18.6 Å². The molecule has 0 spiro atoms. The van der Waals surface area contributed by atoms with Gasteiger partial charge in [0.25, 0.3) is 0 Å². The van der Waals surface area contributed by atoms with E-state index in [2.05, 4.69) is 78.7 Å². The summed E-state index contributed by atoms with van der Waals surface area (Å²) in [5.41, 5.74) is 5.89. The van der Waals surface area contributed by atoms with Gasteiger partial charge in [0.2, 0.25) is 6.23 Å². The third-order valence-corrected chi connectivity index (χ3v) is 5.13. The fourth-order valence-electron chi connectivity index (χ4n) is 3.88. The number of aryl methyl sites for hydroxylation is 1. The number of hydrazone groups is 1. The predicted molar refractivity (Wildman–Crippen MR) is 103 cm³/mol. The van der Waals surface area contributed by atoms with Gasteiger partial charge < -0.3 is 4.74 Å². The van der Waals surface area contributed by atoms with Gasteiger partial charge >= 0.3 is 0 Å². The molecule has 0 radical (unpaired) electrons. The molecule has 3 heteroatoms. The summed E-state index contributed by atoms with van der Waals surface area (Å²) in [5, 5.41) is 7.13. The lowest BCUT2D eigenvalue weighted by atomic mass is 9.96. The van der Waals surface area contributed by atoms with Crippen LogP contribution in [0.1, 0.15) is 40.9 Å². The van der Waals surface area contributed by atoms with E-state index in [9.17, 15) is 0 Å². The van der Waals surface area contributed by atoms with Crippen molar-refractivity contribution in [3.05, 3.63) is 101 Å². The molecule has 2 aliphatic rings. The van der Waals surface area contributed by atoms with Crippen molar-refractivity contribution in [2.75, 3.05) is 0 Å².